The second-order valence-electron chi connectivity index (χ2n) is 4.91. The van der Waals surface area contributed by atoms with Gasteiger partial charge in [-0.1, -0.05) is 42.5 Å². The van der Waals surface area contributed by atoms with Gasteiger partial charge in [-0.3, -0.25) is 0 Å². The smallest absolute Gasteiger partial charge is 0.337 e. The number of carbonyl (C=O) groups excluding carboxylic acids is 1. The molecule has 0 bridgehead atoms. The van der Waals surface area contributed by atoms with Gasteiger partial charge in [0, 0.05) is 7.11 Å². The van der Waals surface area contributed by atoms with Crippen LogP contribution in [0.4, 0.5) is 0 Å². The molecule has 0 aromatic heterocycles. The maximum Gasteiger partial charge on any atom is 0.337 e. The number of hydrogen-bond acceptors (Lipinski definition) is 3. The SMILES string of the molecule is COC(=O)c1ccc2c(c1)C(OC)c1ccccc1C=C2. The molecule has 3 heteroatoms. The van der Waals surface area contributed by atoms with Crippen molar-refractivity contribution in [2.24, 2.45) is 0 Å². The molecule has 1 aliphatic rings. The summed E-state index contributed by atoms with van der Waals surface area (Å²) in [6.07, 6.45) is 3.93. The lowest BCUT2D eigenvalue weighted by atomic mass is 9.95. The molecule has 0 saturated heterocycles. The number of esters is 1. The molecule has 2 aromatic carbocycles. The molecule has 0 spiro atoms. The zero-order valence-corrected chi connectivity index (χ0v) is 12.0. The minimum Gasteiger partial charge on any atom is -0.465 e. The first-order valence-corrected chi connectivity index (χ1v) is 6.76. The lowest BCUT2D eigenvalue weighted by molar-refractivity contribution is 0.0600. The molecular weight excluding hydrogens is 264 g/mol. The molecule has 2 aromatic rings. The fourth-order valence-corrected chi connectivity index (χ4v) is 2.70. The van der Waals surface area contributed by atoms with Gasteiger partial charge in [0.2, 0.25) is 0 Å². The Labute approximate surface area is 123 Å². The minimum absolute atomic E-state index is 0.198. The van der Waals surface area contributed by atoms with Crippen LogP contribution in [0.3, 0.4) is 0 Å². The highest BCUT2D eigenvalue weighted by Crippen LogP contribution is 2.35. The van der Waals surface area contributed by atoms with Gasteiger partial charge < -0.3 is 9.47 Å². The van der Waals surface area contributed by atoms with Gasteiger partial charge in [0.05, 0.1) is 12.7 Å². The minimum atomic E-state index is -0.339. The van der Waals surface area contributed by atoms with Crippen molar-refractivity contribution in [1.82, 2.24) is 0 Å². The molecule has 1 unspecified atom stereocenters. The van der Waals surface area contributed by atoms with Gasteiger partial charge in [-0.15, -0.1) is 0 Å². The molecule has 1 atom stereocenters. The first-order chi connectivity index (χ1) is 10.2. The van der Waals surface area contributed by atoms with Crippen molar-refractivity contribution >= 4 is 18.1 Å². The molecule has 0 heterocycles. The number of carbonyl (C=O) groups is 1. The van der Waals surface area contributed by atoms with Crippen LogP contribution < -0.4 is 0 Å². The molecule has 3 rings (SSSR count). The summed E-state index contributed by atoms with van der Waals surface area (Å²) < 4.78 is 10.5. The Balaban J connectivity index is 2.18. The zero-order valence-electron chi connectivity index (χ0n) is 12.0. The first-order valence-electron chi connectivity index (χ1n) is 6.76. The maximum absolute atomic E-state index is 11.7. The third-order valence-corrected chi connectivity index (χ3v) is 3.75. The highest BCUT2D eigenvalue weighted by atomic mass is 16.5. The van der Waals surface area contributed by atoms with Crippen LogP contribution in [-0.2, 0) is 9.47 Å². The van der Waals surface area contributed by atoms with Crippen molar-refractivity contribution in [3.8, 4) is 0 Å². The van der Waals surface area contributed by atoms with Crippen molar-refractivity contribution in [2.45, 2.75) is 6.10 Å². The zero-order chi connectivity index (χ0) is 14.8. The highest BCUT2D eigenvalue weighted by Gasteiger charge is 2.22. The molecule has 1 aliphatic carbocycles. The quantitative estimate of drug-likeness (QED) is 0.787. The summed E-state index contributed by atoms with van der Waals surface area (Å²) in [6, 6.07) is 13.7. The lowest BCUT2D eigenvalue weighted by Gasteiger charge is -2.19. The van der Waals surface area contributed by atoms with E-state index in [1.807, 2.05) is 36.4 Å². The van der Waals surface area contributed by atoms with Gasteiger partial charge >= 0.3 is 5.97 Å². The van der Waals surface area contributed by atoms with E-state index in [1.165, 1.54) is 7.11 Å². The van der Waals surface area contributed by atoms with E-state index in [2.05, 4.69) is 12.1 Å². The second kappa shape index (κ2) is 5.54. The predicted molar refractivity (Wildman–Crippen MR) is 82.0 cm³/mol. The van der Waals surface area contributed by atoms with E-state index in [1.54, 1.807) is 13.2 Å². The lowest BCUT2D eigenvalue weighted by Crippen LogP contribution is -2.08. The van der Waals surface area contributed by atoms with Crippen LogP contribution in [0.1, 0.15) is 38.7 Å². The van der Waals surface area contributed by atoms with Gasteiger partial charge in [0.15, 0.2) is 0 Å². The van der Waals surface area contributed by atoms with E-state index >= 15 is 0 Å². The summed E-state index contributed by atoms with van der Waals surface area (Å²) in [5.74, 6) is -0.339. The average molecular weight is 280 g/mol. The number of ether oxygens (including phenoxy) is 2. The molecule has 21 heavy (non-hydrogen) atoms. The Kier molecular flexibility index (Phi) is 3.59. The number of benzene rings is 2. The summed E-state index contributed by atoms with van der Waals surface area (Å²) >= 11 is 0. The molecule has 0 saturated carbocycles. The Morgan fingerprint density at radius 1 is 0.952 bits per heavy atom. The molecule has 0 aliphatic heterocycles. The molecule has 106 valence electrons. The van der Waals surface area contributed by atoms with Crippen molar-refractivity contribution in [3.63, 3.8) is 0 Å². The van der Waals surface area contributed by atoms with Gasteiger partial charge in [0.1, 0.15) is 6.10 Å². The van der Waals surface area contributed by atoms with Crippen LogP contribution in [0, 0.1) is 0 Å². The topological polar surface area (TPSA) is 35.5 Å². The first kappa shape index (κ1) is 13.6. The summed E-state index contributed by atoms with van der Waals surface area (Å²) in [4.78, 5) is 11.7. The molecule has 0 radical (unpaired) electrons. The molecule has 3 nitrogen and oxygen atoms in total. The van der Waals surface area contributed by atoms with Crippen LogP contribution in [-0.4, -0.2) is 20.2 Å². The summed E-state index contributed by atoms with van der Waals surface area (Å²) in [6.45, 7) is 0. The van der Waals surface area contributed by atoms with Crippen LogP contribution in [0.5, 0.6) is 0 Å². The largest absolute Gasteiger partial charge is 0.465 e. The fraction of sp³-hybridized carbons (Fsp3) is 0.167. The number of rotatable bonds is 2. The maximum atomic E-state index is 11.7. The average Bonchev–Trinajstić information content (AvgIpc) is 2.69. The van der Waals surface area contributed by atoms with E-state index in [9.17, 15) is 4.79 Å². The number of fused-ring (bicyclic) bond motifs is 2. The summed E-state index contributed by atoms with van der Waals surface area (Å²) in [5, 5.41) is 0. The van der Waals surface area contributed by atoms with Gasteiger partial charge in [0.25, 0.3) is 0 Å². The molecule has 0 fully saturated rings. The molecule has 0 amide bonds. The van der Waals surface area contributed by atoms with Crippen LogP contribution in [0.15, 0.2) is 42.5 Å². The molecular formula is C18H16O3. The van der Waals surface area contributed by atoms with E-state index in [0.717, 1.165) is 22.3 Å². The van der Waals surface area contributed by atoms with E-state index < -0.39 is 0 Å². The highest BCUT2D eigenvalue weighted by molar-refractivity contribution is 5.90. The summed E-state index contributed by atoms with van der Waals surface area (Å²) in [7, 11) is 3.07. The molecule has 0 N–H and O–H groups in total. The van der Waals surface area contributed by atoms with Crippen molar-refractivity contribution in [3.05, 3.63) is 70.3 Å². The van der Waals surface area contributed by atoms with Crippen LogP contribution in [0.25, 0.3) is 12.2 Å². The van der Waals surface area contributed by atoms with E-state index in [0.29, 0.717) is 5.56 Å². The van der Waals surface area contributed by atoms with Crippen molar-refractivity contribution in [1.29, 1.82) is 0 Å². The van der Waals surface area contributed by atoms with Crippen molar-refractivity contribution < 1.29 is 14.3 Å². The summed E-state index contributed by atoms with van der Waals surface area (Å²) in [5.41, 5.74) is 4.77. The third-order valence-electron chi connectivity index (χ3n) is 3.75. The monoisotopic (exact) mass is 280 g/mol. The van der Waals surface area contributed by atoms with Crippen LogP contribution >= 0.6 is 0 Å². The Hall–Kier alpha value is -2.39. The normalized spacial score (nSPS) is 15.8. The Bertz CT molecular complexity index is 716. The van der Waals surface area contributed by atoms with Crippen LogP contribution in [0.2, 0.25) is 0 Å². The third kappa shape index (κ3) is 2.36. The predicted octanol–water partition coefficient (Wildman–Crippen LogP) is 3.69. The standard InChI is InChI=1S/C18H16O3/c1-20-17-15-6-4-3-5-12(15)7-8-13-9-10-14(11-16(13)17)18(19)21-2/h3-11,17H,1-2H3. The van der Waals surface area contributed by atoms with Gasteiger partial charge in [-0.2, -0.15) is 0 Å². The fourth-order valence-electron chi connectivity index (χ4n) is 2.70. The number of methoxy groups -OCH3 is 2. The van der Waals surface area contributed by atoms with Gasteiger partial charge in [-0.25, -0.2) is 4.79 Å². The number of hydrogen-bond donors (Lipinski definition) is 0. The van der Waals surface area contributed by atoms with E-state index in [-0.39, 0.29) is 12.1 Å². The Morgan fingerprint density at radius 2 is 1.67 bits per heavy atom. The van der Waals surface area contributed by atoms with Crippen molar-refractivity contribution in [2.75, 3.05) is 14.2 Å². The Morgan fingerprint density at radius 3 is 2.38 bits per heavy atom. The van der Waals surface area contributed by atoms with E-state index in [4.69, 9.17) is 9.47 Å². The second-order valence-corrected chi connectivity index (χ2v) is 4.91. The van der Waals surface area contributed by atoms with Gasteiger partial charge in [-0.05, 0) is 34.4 Å².